The summed E-state index contributed by atoms with van der Waals surface area (Å²) in [6.07, 6.45) is 3.72. The zero-order valence-corrected chi connectivity index (χ0v) is 17.8. The SMILES string of the molecule is O=C(CNc1cccc(C#Cc2ccccc2)c1)N1N=C(c2ccco2)CC1c1ccco1. The van der Waals surface area contributed by atoms with Crippen LogP contribution in [0.1, 0.15) is 35.1 Å². The van der Waals surface area contributed by atoms with Gasteiger partial charge in [0, 0.05) is 23.2 Å². The average Bonchev–Trinajstić information content (AvgIpc) is 3.63. The number of nitrogens with zero attached hydrogens (tertiary/aromatic N) is 2. The van der Waals surface area contributed by atoms with Gasteiger partial charge in [-0.2, -0.15) is 5.10 Å². The van der Waals surface area contributed by atoms with E-state index in [0.717, 1.165) is 16.8 Å². The van der Waals surface area contributed by atoms with Gasteiger partial charge in [-0.1, -0.05) is 36.1 Å². The van der Waals surface area contributed by atoms with Crippen LogP contribution in [0.15, 0.2) is 105 Å². The Balaban J connectivity index is 1.29. The van der Waals surface area contributed by atoms with Crippen molar-refractivity contribution in [2.45, 2.75) is 12.5 Å². The maximum atomic E-state index is 13.1. The van der Waals surface area contributed by atoms with Crippen molar-refractivity contribution in [3.8, 4) is 11.8 Å². The number of anilines is 1. The first kappa shape index (κ1) is 20.4. The van der Waals surface area contributed by atoms with Gasteiger partial charge in [0.25, 0.3) is 5.91 Å². The van der Waals surface area contributed by atoms with Crippen LogP contribution in [-0.2, 0) is 4.79 Å². The molecule has 0 aliphatic carbocycles. The van der Waals surface area contributed by atoms with Gasteiger partial charge in [-0.25, -0.2) is 5.01 Å². The van der Waals surface area contributed by atoms with Crippen LogP contribution < -0.4 is 5.32 Å². The molecule has 6 heteroatoms. The van der Waals surface area contributed by atoms with Crippen LogP contribution in [0, 0.1) is 11.8 Å². The second kappa shape index (κ2) is 9.33. The zero-order valence-electron chi connectivity index (χ0n) is 17.8. The number of nitrogens with one attached hydrogen (secondary N) is 1. The Kier molecular flexibility index (Phi) is 5.77. The topological polar surface area (TPSA) is 71.0 Å². The molecule has 33 heavy (non-hydrogen) atoms. The molecule has 1 atom stereocenters. The summed E-state index contributed by atoms with van der Waals surface area (Å²) in [5.41, 5.74) is 3.35. The molecule has 0 fully saturated rings. The molecule has 1 aliphatic rings. The molecule has 5 rings (SSSR count). The van der Waals surface area contributed by atoms with Crippen LogP contribution in [0.3, 0.4) is 0 Å². The van der Waals surface area contributed by atoms with Gasteiger partial charge >= 0.3 is 0 Å². The van der Waals surface area contributed by atoms with Gasteiger partial charge in [0.05, 0.1) is 19.1 Å². The first-order valence-electron chi connectivity index (χ1n) is 10.6. The minimum absolute atomic E-state index is 0.0850. The highest BCUT2D eigenvalue weighted by molar-refractivity contribution is 6.01. The van der Waals surface area contributed by atoms with Crippen molar-refractivity contribution in [3.63, 3.8) is 0 Å². The van der Waals surface area contributed by atoms with E-state index in [9.17, 15) is 4.79 Å². The number of hydrazone groups is 1. The van der Waals surface area contributed by atoms with Gasteiger partial charge in [0.15, 0.2) is 0 Å². The lowest BCUT2D eigenvalue weighted by atomic mass is 10.1. The Morgan fingerprint density at radius 2 is 1.73 bits per heavy atom. The highest BCUT2D eigenvalue weighted by Gasteiger charge is 2.35. The second-order valence-corrected chi connectivity index (χ2v) is 7.55. The molecule has 4 aromatic rings. The van der Waals surface area contributed by atoms with Crippen LogP contribution in [-0.4, -0.2) is 23.2 Å². The molecule has 3 heterocycles. The molecule has 1 N–H and O–H groups in total. The monoisotopic (exact) mass is 435 g/mol. The standard InChI is InChI=1S/C27H21N3O3/c31-27(19-28-22-10-4-9-21(17-22)14-13-20-7-2-1-3-8-20)30-24(26-12-6-16-33-26)18-23(29-30)25-11-5-15-32-25/h1-12,15-17,24,28H,18-19H2. The quantitative estimate of drug-likeness (QED) is 0.445. The smallest absolute Gasteiger partial charge is 0.262 e. The van der Waals surface area contributed by atoms with E-state index in [2.05, 4.69) is 22.3 Å². The molecule has 162 valence electrons. The number of furan rings is 2. The molecule has 6 nitrogen and oxygen atoms in total. The summed E-state index contributed by atoms with van der Waals surface area (Å²) in [7, 11) is 0. The Hall–Kier alpha value is -4.50. The molecule has 2 aromatic heterocycles. The van der Waals surface area contributed by atoms with Crippen LogP contribution in [0.2, 0.25) is 0 Å². The van der Waals surface area contributed by atoms with Crippen molar-refractivity contribution in [1.82, 2.24) is 5.01 Å². The van der Waals surface area contributed by atoms with E-state index in [1.165, 1.54) is 5.01 Å². The number of rotatable bonds is 5. The number of carbonyl (C=O) groups is 1. The van der Waals surface area contributed by atoms with Crippen LogP contribution in [0.25, 0.3) is 0 Å². The third-order valence-electron chi connectivity index (χ3n) is 5.27. The third kappa shape index (κ3) is 4.73. The molecular weight excluding hydrogens is 414 g/mol. The Morgan fingerprint density at radius 3 is 2.52 bits per heavy atom. The number of benzene rings is 2. The number of amides is 1. The Morgan fingerprint density at radius 1 is 0.939 bits per heavy atom. The van der Waals surface area contributed by atoms with Gasteiger partial charge < -0.3 is 14.2 Å². The molecule has 0 saturated heterocycles. The lowest BCUT2D eigenvalue weighted by Gasteiger charge is -2.20. The van der Waals surface area contributed by atoms with Crippen LogP contribution >= 0.6 is 0 Å². The summed E-state index contributed by atoms with van der Waals surface area (Å²) in [6.45, 7) is 0.0850. The average molecular weight is 435 g/mol. The predicted octanol–water partition coefficient (Wildman–Crippen LogP) is 5.06. The maximum absolute atomic E-state index is 13.1. The molecule has 1 unspecified atom stereocenters. The number of carbonyl (C=O) groups excluding carboxylic acids is 1. The Bertz CT molecular complexity index is 1310. The van der Waals surface area contributed by atoms with Gasteiger partial charge in [-0.15, -0.1) is 0 Å². The molecule has 0 bridgehead atoms. The van der Waals surface area contributed by atoms with Crippen LogP contribution in [0.4, 0.5) is 5.69 Å². The van der Waals surface area contributed by atoms with Crippen molar-refractivity contribution in [2.75, 3.05) is 11.9 Å². The van der Waals surface area contributed by atoms with E-state index in [1.807, 2.05) is 72.8 Å². The fourth-order valence-corrected chi connectivity index (χ4v) is 3.67. The van der Waals surface area contributed by atoms with E-state index in [0.29, 0.717) is 23.7 Å². The minimum Gasteiger partial charge on any atom is -0.467 e. The molecule has 1 amide bonds. The van der Waals surface area contributed by atoms with Crippen molar-refractivity contribution < 1.29 is 13.6 Å². The number of hydrogen-bond acceptors (Lipinski definition) is 5. The first-order chi connectivity index (χ1) is 16.3. The second-order valence-electron chi connectivity index (χ2n) is 7.55. The Labute approximate surface area is 191 Å². The van der Waals surface area contributed by atoms with Gasteiger partial charge in [-0.3, -0.25) is 4.79 Å². The predicted molar refractivity (Wildman–Crippen MR) is 126 cm³/mol. The van der Waals surface area contributed by atoms with Crippen molar-refractivity contribution in [1.29, 1.82) is 0 Å². The summed E-state index contributed by atoms with van der Waals surface area (Å²) < 4.78 is 11.1. The molecule has 0 radical (unpaired) electrons. The summed E-state index contributed by atoms with van der Waals surface area (Å²) in [5, 5.41) is 9.21. The van der Waals surface area contributed by atoms with Gasteiger partial charge in [0.2, 0.25) is 0 Å². The van der Waals surface area contributed by atoms with E-state index in [-0.39, 0.29) is 18.5 Å². The number of hydrogen-bond donors (Lipinski definition) is 1. The lowest BCUT2D eigenvalue weighted by Crippen LogP contribution is -2.32. The highest BCUT2D eigenvalue weighted by atomic mass is 16.3. The zero-order chi connectivity index (χ0) is 22.5. The first-order valence-corrected chi connectivity index (χ1v) is 10.6. The van der Waals surface area contributed by atoms with E-state index < -0.39 is 0 Å². The largest absolute Gasteiger partial charge is 0.467 e. The van der Waals surface area contributed by atoms with Crippen LogP contribution in [0.5, 0.6) is 0 Å². The normalized spacial score (nSPS) is 15.0. The lowest BCUT2D eigenvalue weighted by molar-refractivity contribution is -0.131. The highest BCUT2D eigenvalue weighted by Crippen LogP contribution is 2.33. The van der Waals surface area contributed by atoms with Crippen molar-refractivity contribution in [2.24, 2.45) is 5.10 Å². The fourth-order valence-electron chi connectivity index (χ4n) is 3.67. The molecule has 0 saturated carbocycles. The molecular formula is C27H21N3O3. The molecule has 2 aromatic carbocycles. The summed E-state index contributed by atoms with van der Waals surface area (Å²) in [4.78, 5) is 13.1. The van der Waals surface area contributed by atoms with Crippen molar-refractivity contribution in [3.05, 3.63) is 114 Å². The van der Waals surface area contributed by atoms with Gasteiger partial charge in [-0.05, 0) is 54.6 Å². The summed E-state index contributed by atoms with van der Waals surface area (Å²) in [6, 6.07) is 24.5. The van der Waals surface area contributed by atoms with Crippen molar-refractivity contribution >= 4 is 17.3 Å². The van der Waals surface area contributed by atoms with Gasteiger partial charge in [0.1, 0.15) is 23.3 Å². The summed E-state index contributed by atoms with van der Waals surface area (Å²) in [5.74, 6) is 7.48. The third-order valence-corrected chi connectivity index (χ3v) is 5.27. The van der Waals surface area contributed by atoms with E-state index >= 15 is 0 Å². The minimum atomic E-state index is -0.308. The molecule has 0 spiro atoms. The molecule has 1 aliphatic heterocycles. The van der Waals surface area contributed by atoms with E-state index in [4.69, 9.17) is 8.83 Å². The van der Waals surface area contributed by atoms with E-state index in [1.54, 1.807) is 18.6 Å². The summed E-state index contributed by atoms with van der Waals surface area (Å²) >= 11 is 0. The maximum Gasteiger partial charge on any atom is 0.262 e. The fraction of sp³-hybridized carbons (Fsp3) is 0.111.